The van der Waals surface area contributed by atoms with Crippen LogP contribution in [0.2, 0.25) is 0 Å². The van der Waals surface area contributed by atoms with Crippen LogP contribution in [-0.4, -0.2) is 61.8 Å². The molecule has 4 rings (SSSR count). The highest BCUT2D eigenvalue weighted by molar-refractivity contribution is 5.97. The zero-order valence-electron chi connectivity index (χ0n) is 18.7. The molecule has 172 valence electrons. The Morgan fingerprint density at radius 3 is 2.38 bits per heavy atom. The summed E-state index contributed by atoms with van der Waals surface area (Å²) in [6, 6.07) is 17.5. The van der Waals surface area contributed by atoms with E-state index in [0.717, 1.165) is 44.6 Å². The Balaban J connectivity index is 0.00000289. The Labute approximate surface area is 195 Å². The first kappa shape index (κ1) is 24.2. The summed E-state index contributed by atoms with van der Waals surface area (Å²) in [4.78, 5) is 28.6. The van der Waals surface area contributed by atoms with Gasteiger partial charge in [0.15, 0.2) is 0 Å². The number of hydrogen-bond donors (Lipinski definition) is 0. The summed E-state index contributed by atoms with van der Waals surface area (Å²) in [6.07, 6.45) is 2.33. The highest BCUT2D eigenvalue weighted by Crippen LogP contribution is 2.35. The number of anilines is 1. The number of rotatable bonds is 5. The van der Waals surface area contributed by atoms with Crippen LogP contribution in [0.3, 0.4) is 0 Å². The second-order valence-corrected chi connectivity index (χ2v) is 8.48. The average Bonchev–Trinajstić information content (AvgIpc) is 2.81. The van der Waals surface area contributed by atoms with E-state index in [4.69, 9.17) is 9.47 Å². The number of esters is 1. The smallest absolute Gasteiger partial charge is 0.337 e. The van der Waals surface area contributed by atoms with Gasteiger partial charge in [-0.2, -0.15) is 0 Å². The molecule has 2 aliphatic heterocycles. The maximum absolute atomic E-state index is 12.7. The zero-order valence-corrected chi connectivity index (χ0v) is 19.5. The van der Waals surface area contributed by atoms with E-state index in [-0.39, 0.29) is 29.9 Å². The van der Waals surface area contributed by atoms with Crippen molar-refractivity contribution in [2.45, 2.75) is 37.9 Å². The third kappa shape index (κ3) is 5.31. The SMILES string of the molecule is COC(=O)c1ccc(CCN2CCC3(CC2)CN(c2ccccc2)C(=O)C(C)O3)cc1.Cl. The molecular formula is C25H31ClN2O4. The number of hydrogen-bond acceptors (Lipinski definition) is 5. The molecule has 0 aliphatic carbocycles. The van der Waals surface area contributed by atoms with Gasteiger partial charge in [0.2, 0.25) is 0 Å². The summed E-state index contributed by atoms with van der Waals surface area (Å²) < 4.78 is 11.0. The molecule has 0 saturated carbocycles. The predicted molar refractivity (Wildman–Crippen MR) is 126 cm³/mol. The summed E-state index contributed by atoms with van der Waals surface area (Å²) in [5.41, 5.74) is 2.45. The molecular weight excluding hydrogens is 428 g/mol. The topological polar surface area (TPSA) is 59.1 Å². The average molecular weight is 459 g/mol. The van der Waals surface area contributed by atoms with Crippen LogP contribution in [0.4, 0.5) is 5.69 Å². The fourth-order valence-electron chi connectivity index (χ4n) is 4.55. The second kappa shape index (κ2) is 10.5. The van der Waals surface area contributed by atoms with Crippen LogP contribution in [0.25, 0.3) is 0 Å². The third-order valence-corrected chi connectivity index (χ3v) is 6.41. The van der Waals surface area contributed by atoms with Gasteiger partial charge in [-0.05, 0) is 56.0 Å². The van der Waals surface area contributed by atoms with Crippen molar-refractivity contribution in [3.05, 3.63) is 65.7 Å². The minimum absolute atomic E-state index is 0. The number of para-hydroxylation sites is 1. The number of amides is 1. The van der Waals surface area contributed by atoms with Crippen LogP contribution in [0, 0.1) is 0 Å². The van der Waals surface area contributed by atoms with Crippen LogP contribution in [-0.2, 0) is 20.7 Å². The van der Waals surface area contributed by atoms with Crippen molar-refractivity contribution in [3.63, 3.8) is 0 Å². The number of methoxy groups -OCH3 is 1. The number of carbonyl (C=O) groups is 2. The van der Waals surface area contributed by atoms with Crippen molar-refractivity contribution in [2.24, 2.45) is 0 Å². The van der Waals surface area contributed by atoms with Gasteiger partial charge in [-0.3, -0.25) is 4.79 Å². The molecule has 1 amide bonds. The van der Waals surface area contributed by atoms with Crippen molar-refractivity contribution in [2.75, 3.05) is 38.2 Å². The molecule has 1 spiro atoms. The molecule has 2 saturated heterocycles. The number of ether oxygens (including phenoxy) is 2. The maximum Gasteiger partial charge on any atom is 0.337 e. The Bertz CT molecular complexity index is 911. The molecule has 2 heterocycles. The molecule has 1 unspecified atom stereocenters. The van der Waals surface area contributed by atoms with E-state index in [2.05, 4.69) is 4.90 Å². The van der Waals surface area contributed by atoms with Gasteiger partial charge in [0, 0.05) is 25.3 Å². The Morgan fingerprint density at radius 2 is 1.75 bits per heavy atom. The van der Waals surface area contributed by atoms with Crippen LogP contribution in [0.1, 0.15) is 35.7 Å². The lowest BCUT2D eigenvalue weighted by Crippen LogP contribution is -2.61. The fourth-order valence-corrected chi connectivity index (χ4v) is 4.55. The number of piperidine rings is 1. The molecule has 7 heteroatoms. The fraction of sp³-hybridized carbons (Fsp3) is 0.440. The summed E-state index contributed by atoms with van der Waals surface area (Å²) in [6.45, 7) is 5.34. The van der Waals surface area contributed by atoms with Crippen LogP contribution >= 0.6 is 12.4 Å². The summed E-state index contributed by atoms with van der Waals surface area (Å²) in [7, 11) is 1.39. The number of nitrogens with zero attached hydrogens (tertiary/aromatic N) is 2. The Kier molecular flexibility index (Phi) is 7.93. The van der Waals surface area contributed by atoms with Crippen LogP contribution < -0.4 is 4.90 Å². The number of halogens is 1. The first-order valence-electron chi connectivity index (χ1n) is 10.9. The number of likely N-dealkylation sites (tertiary alicyclic amines) is 1. The van der Waals surface area contributed by atoms with Gasteiger partial charge >= 0.3 is 5.97 Å². The van der Waals surface area contributed by atoms with E-state index in [1.54, 1.807) is 0 Å². The van der Waals surface area contributed by atoms with Gasteiger partial charge in [0.1, 0.15) is 6.10 Å². The first-order chi connectivity index (χ1) is 15.0. The zero-order chi connectivity index (χ0) is 21.8. The molecule has 6 nitrogen and oxygen atoms in total. The molecule has 0 bridgehead atoms. The molecule has 32 heavy (non-hydrogen) atoms. The lowest BCUT2D eigenvalue weighted by Gasteiger charge is -2.49. The standard InChI is InChI=1S/C25H30N2O4.ClH/c1-19-23(28)27(22-6-4-3-5-7-22)18-25(31-19)13-16-26(17-14-25)15-12-20-8-10-21(11-9-20)24(29)30-2;/h3-11,19H,12-18H2,1-2H3;1H. The molecule has 0 N–H and O–H groups in total. The summed E-state index contributed by atoms with van der Waals surface area (Å²) in [5, 5.41) is 0. The highest BCUT2D eigenvalue weighted by Gasteiger charge is 2.45. The molecule has 0 aromatic heterocycles. The Morgan fingerprint density at radius 1 is 1.09 bits per heavy atom. The number of benzene rings is 2. The number of carbonyl (C=O) groups excluding carboxylic acids is 2. The monoisotopic (exact) mass is 458 g/mol. The van der Waals surface area contributed by atoms with E-state index in [1.807, 2.05) is 66.4 Å². The molecule has 2 aromatic carbocycles. The van der Waals surface area contributed by atoms with Crippen molar-refractivity contribution >= 4 is 30.0 Å². The van der Waals surface area contributed by atoms with Crippen LogP contribution in [0.15, 0.2) is 54.6 Å². The molecule has 2 aliphatic rings. The van der Waals surface area contributed by atoms with Gasteiger partial charge < -0.3 is 19.3 Å². The molecule has 2 fully saturated rings. The second-order valence-electron chi connectivity index (χ2n) is 8.48. The highest BCUT2D eigenvalue weighted by atomic mass is 35.5. The van der Waals surface area contributed by atoms with Crippen molar-refractivity contribution in [3.8, 4) is 0 Å². The van der Waals surface area contributed by atoms with E-state index < -0.39 is 6.10 Å². The van der Waals surface area contributed by atoms with E-state index in [9.17, 15) is 9.59 Å². The van der Waals surface area contributed by atoms with E-state index >= 15 is 0 Å². The first-order valence-corrected chi connectivity index (χ1v) is 10.9. The summed E-state index contributed by atoms with van der Waals surface area (Å²) in [5.74, 6) is -0.271. The minimum atomic E-state index is -0.422. The van der Waals surface area contributed by atoms with Gasteiger partial charge in [0.25, 0.3) is 5.91 Å². The van der Waals surface area contributed by atoms with Gasteiger partial charge in [-0.15, -0.1) is 12.4 Å². The minimum Gasteiger partial charge on any atom is -0.465 e. The van der Waals surface area contributed by atoms with E-state index in [1.165, 1.54) is 12.7 Å². The van der Waals surface area contributed by atoms with Crippen molar-refractivity contribution in [1.29, 1.82) is 0 Å². The largest absolute Gasteiger partial charge is 0.465 e. The van der Waals surface area contributed by atoms with Gasteiger partial charge in [-0.25, -0.2) is 4.79 Å². The molecule has 2 aromatic rings. The van der Waals surface area contributed by atoms with Gasteiger partial charge in [0.05, 0.1) is 24.8 Å². The van der Waals surface area contributed by atoms with Crippen molar-refractivity contribution < 1.29 is 19.1 Å². The maximum atomic E-state index is 12.7. The third-order valence-electron chi connectivity index (χ3n) is 6.41. The van der Waals surface area contributed by atoms with Crippen molar-refractivity contribution in [1.82, 2.24) is 4.90 Å². The van der Waals surface area contributed by atoms with E-state index in [0.29, 0.717) is 12.1 Å². The summed E-state index contributed by atoms with van der Waals surface area (Å²) >= 11 is 0. The Hall–Kier alpha value is -2.41. The quantitative estimate of drug-likeness (QED) is 0.639. The molecule has 0 radical (unpaired) electrons. The van der Waals surface area contributed by atoms with Gasteiger partial charge in [-0.1, -0.05) is 30.3 Å². The lowest BCUT2D eigenvalue weighted by molar-refractivity contribution is -0.161. The normalized spacial score (nSPS) is 20.6. The van der Waals surface area contributed by atoms with Crippen LogP contribution in [0.5, 0.6) is 0 Å². The number of morpholine rings is 1. The molecule has 1 atom stereocenters. The predicted octanol–water partition coefficient (Wildman–Crippen LogP) is 3.72. The lowest BCUT2D eigenvalue weighted by atomic mass is 9.88.